The van der Waals surface area contributed by atoms with E-state index in [9.17, 15) is 14.7 Å². The summed E-state index contributed by atoms with van der Waals surface area (Å²) in [7, 11) is 0. The van der Waals surface area contributed by atoms with Crippen molar-refractivity contribution >= 4 is 17.6 Å². The van der Waals surface area contributed by atoms with Crippen LogP contribution in [0.2, 0.25) is 0 Å². The predicted octanol–water partition coefficient (Wildman–Crippen LogP) is 4.74. The molecule has 0 bridgehead atoms. The first-order valence-electron chi connectivity index (χ1n) is 9.10. The van der Waals surface area contributed by atoms with Crippen LogP contribution >= 0.6 is 0 Å². The van der Waals surface area contributed by atoms with E-state index in [1.54, 1.807) is 19.1 Å². The van der Waals surface area contributed by atoms with Crippen LogP contribution in [-0.2, 0) is 9.53 Å². The Kier molecular flexibility index (Phi) is 6.61. The lowest BCUT2D eigenvalue weighted by Gasteiger charge is -2.20. The third kappa shape index (κ3) is 4.88. The average molecular weight is 369 g/mol. The number of phenols is 1. The van der Waals surface area contributed by atoms with Gasteiger partial charge in [-0.3, -0.25) is 4.79 Å². The number of nitrogens with one attached hydrogen (secondary N) is 1. The summed E-state index contributed by atoms with van der Waals surface area (Å²) in [5.74, 6) is -0.787. The Bertz CT molecular complexity index is 814. The summed E-state index contributed by atoms with van der Waals surface area (Å²) in [6.45, 7) is 9.53. The lowest BCUT2D eigenvalue weighted by molar-refractivity contribution is -0.119. The Hall–Kier alpha value is -2.82. The fourth-order valence-electron chi connectivity index (χ4n) is 2.90. The van der Waals surface area contributed by atoms with Crippen molar-refractivity contribution in [2.75, 3.05) is 11.9 Å². The molecule has 2 aromatic carbocycles. The minimum atomic E-state index is -0.729. The van der Waals surface area contributed by atoms with E-state index in [0.717, 1.165) is 16.8 Å². The number of carbonyl (C=O) groups is 2. The van der Waals surface area contributed by atoms with Crippen LogP contribution in [-0.4, -0.2) is 23.6 Å². The molecule has 0 saturated heterocycles. The zero-order chi connectivity index (χ0) is 20.1. The summed E-state index contributed by atoms with van der Waals surface area (Å²) in [6.07, 6.45) is 0. The molecule has 5 heteroatoms. The van der Waals surface area contributed by atoms with E-state index < -0.39 is 18.5 Å². The predicted molar refractivity (Wildman–Crippen MR) is 106 cm³/mol. The zero-order valence-electron chi connectivity index (χ0n) is 16.5. The van der Waals surface area contributed by atoms with Gasteiger partial charge in [0, 0.05) is 5.69 Å². The number of ether oxygens (including phenoxy) is 1. The molecule has 0 aliphatic heterocycles. The number of aromatic hydroxyl groups is 1. The van der Waals surface area contributed by atoms with E-state index in [-0.39, 0.29) is 23.1 Å². The number of carbonyl (C=O) groups excluding carboxylic acids is 2. The summed E-state index contributed by atoms with van der Waals surface area (Å²) in [5, 5.41) is 12.9. The summed E-state index contributed by atoms with van der Waals surface area (Å²) < 4.78 is 5.09. The molecule has 0 unspecified atom stereocenters. The van der Waals surface area contributed by atoms with Gasteiger partial charge in [-0.15, -0.1) is 0 Å². The highest BCUT2D eigenvalue weighted by Crippen LogP contribution is 2.32. The summed E-state index contributed by atoms with van der Waals surface area (Å²) >= 11 is 0. The highest BCUT2D eigenvalue weighted by atomic mass is 16.5. The smallest absolute Gasteiger partial charge is 0.342 e. The van der Waals surface area contributed by atoms with Gasteiger partial charge in [0.2, 0.25) is 0 Å². The van der Waals surface area contributed by atoms with Crippen molar-refractivity contribution in [2.45, 2.75) is 46.5 Å². The van der Waals surface area contributed by atoms with Crippen molar-refractivity contribution < 1.29 is 19.4 Å². The summed E-state index contributed by atoms with van der Waals surface area (Å²) in [6, 6.07) is 10.8. The van der Waals surface area contributed by atoms with Gasteiger partial charge in [0.25, 0.3) is 5.91 Å². The van der Waals surface area contributed by atoms with Crippen LogP contribution in [0.25, 0.3) is 0 Å². The van der Waals surface area contributed by atoms with Crippen molar-refractivity contribution in [3.63, 3.8) is 0 Å². The maximum atomic E-state index is 12.4. The molecule has 2 N–H and O–H groups in total. The standard InChI is InChI=1S/C22H27NO4/c1-13(2)16-9-7-10-17(14(3)4)20(16)23-19(24)12-27-22(26)18-11-6-8-15(5)21(18)25/h6-11,13-14,25H,12H2,1-5H3,(H,23,24). The molecule has 2 aromatic rings. The summed E-state index contributed by atoms with van der Waals surface area (Å²) in [5.41, 5.74) is 3.48. The Morgan fingerprint density at radius 3 is 2.11 bits per heavy atom. The average Bonchev–Trinajstić information content (AvgIpc) is 2.61. The van der Waals surface area contributed by atoms with Crippen LogP contribution in [0.4, 0.5) is 5.69 Å². The first-order chi connectivity index (χ1) is 12.7. The molecule has 27 heavy (non-hydrogen) atoms. The lowest BCUT2D eigenvalue weighted by Crippen LogP contribution is -2.22. The second-order valence-electron chi connectivity index (χ2n) is 7.22. The molecule has 0 aliphatic carbocycles. The highest BCUT2D eigenvalue weighted by Gasteiger charge is 2.18. The van der Waals surface area contributed by atoms with Gasteiger partial charge in [0.05, 0.1) is 0 Å². The third-order valence-electron chi connectivity index (χ3n) is 4.43. The molecule has 0 saturated carbocycles. The Labute approximate surface area is 160 Å². The van der Waals surface area contributed by atoms with Crippen LogP contribution in [0.3, 0.4) is 0 Å². The number of aryl methyl sites for hydroxylation is 1. The molecular formula is C22H27NO4. The molecule has 0 aliphatic rings. The minimum Gasteiger partial charge on any atom is -0.507 e. The van der Waals surface area contributed by atoms with Crippen LogP contribution in [0.15, 0.2) is 36.4 Å². The van der Waals surface area contributed by atoms with Crippen LogP contribution < -0.4 is 5.32 Å². The monoisotopic (exact) mass is 369 g/mol. The van der Waals surface area contributed by atoms with E-state index in [1.807, 2.05) is 18.2 Å². The maximum Gasteiger partial charge on any atom is 0.342 e. The molecule has 144 valence electrons. The van der Waals surface area contributed by atoms with Crippen LogP contribution in [0.5, 0.6) is 5.75 Å². The molecule has 1 amide bonds. The maximum absolute atomic E-state index is 12.4. The van der Waals surface area contributed by atoms with Crippen molar-refractivity contribution in [1.82, 2.24) is 0 Å². The van der Waals surface area contributed by atoms with Gasteiger partial charge >= 0.3 is 5.97 Å². The SMILES string of the molecule is Cc1cccc(C(=O)OCC(=O)Nc2c(C(C)C)cccc2C(C)C)c1O. The quantitative estimate of drug-likeness (QED) is 0.721. The van der Waals surface area contributed by atoms with E-state index in [1.165, 1.54) is 6.07 Å². The lowest BCUT2D eigenvalue weighted by atomic mass is 9.92. The molecule has 5 nitrogen and oxygen atoms in total. The van der Waals surface area contributed by atoms with Crippen LogP contribution in [0, 0.1) is 6.92 Å². The number of benzene rings is 2. The van der Waals surface area contributed by atoms with Crippen molar-refractivity contribution in [1.29, 1.82) is 0 Å². The van der Waals surface area contributed by atoms with Gasteiger partial charge < -0.3 is 15.2 Å². The Balaban J connectivity index is 2.12. The van der Waals surface area contributed by atoms with Crippen LogP contribution in [0.1, 0.15) is 66.6 Å². The van der Waals surface area contributed by atoms with Gasteiger partial charge in [-0.25, -0.2) is 4.79 Å². The Morgan fingerprint density at radius 1 is 1.00 bits per heavy atom. The van der Waals surface area contributed by atoms with Gasteiger partial charge in [-0.1, -0.05) is 58.0 Å². The van der Waals surface area contributed by atoms with Gasteiger partial charge in [0.15, 0.2) is 6.61 Å². The molecule has 0 spiro atoms. The summed E-state index contributed by atoms with van der Waals surface area (Å²) in [4.78, 5) is 24.6. The second kappa shape index (κ2) is 8.71. The normalized spacial score (nSPS) is 10.9. The number of anilines is 1. The van der Waals surface area contributed by atoms with Gasteiger partial charge in [-0.2, -0.15) is 0 Å². The van der Waals surface area contributed by atoms with Crippen molar-refractivity contribution in [3.8, 4) is 5.75 Å². The molecule has 2 rings (SSSR count). The molecule has 0 radical (unpaired) electrons. The van der Waals surface area contributed by atoms with Gasteiger partial charge in [-0.05, 0) is 41.5 Å². The van der Waals surface area contributed by atoms with Crippen molar-refractivity contribution in [3.05, 3.63) is 58.7 Å². The van der Waals surface area contributed by atoms with Crippen molar-refractivity contribution in [2.24, 2.45) is 0 Å². The number of rotatable bonds is 6. The van der Waals surface area contributed by atoms with E-state index >= 15 is 0 Å². The number of para-hydroxylation sites is 2. The molecular weight excluding hydrogens is 342 g/mol. The molecule has 0 aromatic heterocycles. The number of amides is 1. The topological polar surface area (TPSA) is 75.6 Å². The number of hydrogen-bond donors (Lipinski definition) is 2. The Morgan fingerprint density at radius 2 is 1.56 bits per heavy atom. The minimum absolute atomic E-state index is 0.0493. The third-order valence-corrected chi connectivity index (χ3v) is 4.43. The van der Waals surface area contributed by atoms with E-state index in [2.05, 4.69) is 33.0 Å². The molecule has 0 heterocycles. The highest BCUT2D eigenvalue weighted by molar-refractivity contribution is 5.97. The number of esters is 1. The second-order valence-corrected chi connectivity index (χ2v) is 7.22. The fourth-order valence-corrected chi connectivity index (χ4v) is 2.90. The first-order valence-corrected chi connectivity index (χ1v) is 9.10. The molecule has 0 fully saturated rings. The first kappa shape index (κ1) is 20.5. The number of hydrogen-bond acceptors (Lipinski definition) is 4. The molecule has 0 atom stereocenters. The van der Waals surface area contributed by atoms with E-state index in [0.29, 0.717) is 5.56 Å². The zero-order valence-corrected chi connectivity index (χ0v) is 16.5. The van der Waals surface area contributed by atoms with Gasteiger partial charge in [0.1, 0.15) is 11.3 Å². The number of phenolic OH excluding ortho intramolecular Hbond substituents is 1. The largest absolute Gasteiger partial charge is 0.507 e. The fraction of sp³-hybridized carbons (Fsp3) is 0.364. The van der Waals surface area contributed by atoms with E-state index in [4.69, 9.17) is 4.74 Å².